The molecule has 4 aliphatic rings. The van der Waals surface area contributed by atoms with E-state index in [-0.39, 0.29) is 11.8 Å². The average Bonchev–Trinajstić information content (AvgIpc) is 3.83. The molecule has 9 heteroatoms. The molecule has 1 aromatic carbocycles. The van der Waals surface area contributed by atoms with Gasteiger partial charge in [-0.3, -0.25) is 14.6 Å². The van der Waals surface area contributed by atoms with Gasteiger partial charge < -0.3 is 19.4 Å². The minimum Gasteiger partial charge on any atom is -0.343 e. The second kappa shape index (κ2) is 8.86. The lowest BCUT2D eigenvalue weighted by molar-refractivity contribution is -0.122. The molecule has 2 aliphatic carbocycles. The van der Waals surface area contributed by atoms with Gasteiger partial charge in [-0.2, -0.15) is 0 Å². The first-order valence-corrected chi connectivity index (χ1v) is 14.4. The highest BCUT2D eigenvalue weighted by atomic mass is 16.2. The fraction of sp³-hybridized carbons (Fsp3) is 0.406. The number of rotatable bonds is 4. The van der Waals surface area contributed by atoms with Crippen LogP contribution in [0.2, 0.25) is 0 Å². The van der Waals surface area contributed by atoms with Crippen LogP contribution in [-0.4, -0.2) is 48.4 Å². The molecule has 2 amide bonds. The van der Waals surface area contributed by atoms with Crippen LogP contribution >= 0.6 is 0 Å². The van der Waals surface area contributed by atoms with E-state index < -0.39 is 10.8 Å². The largest absolute Gasteiger partial charge is 0.343 e. The van der Waals surface area contributed by atoms with Crippen LogP contribution in [-0.2, 0) is 27.5 Å². The Kier molecular flexibility index (Phi) is 5.55. The van der Waals surface area contributed by atoms with Crippen LogP contribution in [0.15, 0.2) is 55.5 Å². The summed E-state index contributed by atoms with van der Waals surface area (Å²) in [4.78, 5) is 45.3. The molecule has 0 saturated heterocycles. The third kappa shape index (κ3) is 4.09. The van der Waals surface area contributed by atoms with Crippen LogP contribution in [0.5, 0.6) is 0 Å². The van der Waals surface area contributed by atoms with Gasteiger partial charge in [0.05, 0.1) is 52.5 Å². The third-order valence-corrected chi connectivity index (χ3v) is 8.85. The van der Waals surface area contributed by atoms with Crippen molar-refractivity contribution in [3.8, 4) is 22.6 Å². The lowest BCUT2D eigenvalue weighted by Gasteiger charge is -2.19. The summed E-state index contributed by atoms with van der Waals surface area (Å²) in [5.41, 5.74) is 7.10. The number of aromatic nitrogens is 5. The first-order chi connectivity index (χ1) is 19.6. The maximum atomic E-state index is 12.7. The van der Waals surface area contributed by atoms with Gasteiger partial charge in [0, 0.05) is 48.3 Å². The maximum absolute atomic E-state index is 12.7. The van der Waals surface area contributed by atoms with Crippen molar-refractivity contribution in [1.82, 2.24) is 24.5 Å². The Morgan fingerprint density at radius 3 is 2.00 bits per heavy atom. The van der Waals surface area contributed by atoms with Crippen LogP contribution in [0.3, 0.4) is 0 Å². The molecule has 2 fully saturated rings. The summed E-state index contributed by atoms with van der Waals surface area (Å²) >= 11 is 0. The smallest absolute Gasteiger partial charge is 0.237 e. The molecular weight excluding hydrogens is 514 g/mol. The summed E-state index contributed by atoms with van der Waals surface area (Å²) in [5.74, 6) is 0.428. The molecular formula is C32H35N7O2. The van der Waals surface area contributed by atoms with E-state index in [1.807, 2.05) is 67.6 Å². The van der Waals surface area contributed by atoms with Gasteiger partial charge in [0.15, 0.2) is 0 Å². The van der Waals surface area contributed by atoms with Crippen molar-refractivity contribution in [3.63, 3.8) is 0 Å². The second-order valence-electron chi connectivity index (χ2n) is 12.8. The lowest BCUT2D eigenvalue weighted by Crippen LogP contribution is -2.37. The van der Waals surface area contributed by atoms with E-state index in [1.165, 1.54) is 0 Å². The predicted octanol–water partition coefficient (Wildman–Crippen LogP) is 5.13. The number of carbonyl (C=O) groups excluding carboxylic acids is 2. The number of nitrogens with one attached hydrogen (secondary N) is 1. The van der Waals surface area contributed by atoms with Gasteiger partial charge in [0.2, 0.25) is 11.8 Å². The molecule has 0 atom stereocenters. The summed E-state index contributed by atoms with van der Waals surface area (Å²) in [6.07, 6.45) is 13.5. The standard InChI is InChI=1S/C17H19N3O.C15H16N4O/c1-17(2)13-7-4-11(14-9-19(3)10-18-14)8-15(13)20(16(17)21)12-5-6-12;1-15(2)10-6-17-11(12-7-16-8-18-12)5-13(10)19(14(15)20)9-3-4-9/h4,7-10,12H,5-6H2,1-3H3;5-9H,3-4H2,1-2H3,(H,16,18). The number of pyridine rings is 1. The van der Waals surface area contributed by atoms with Crippen molar-refractivity contribution in [3.05, 3.63) is 66.6 Å². The number of anilines is 2. The molecule has 0 radical (unpaired) electrons. The number of benzene rings is 1. The normalized spacial score (nSPS) is 20.1. The highest BCUT2D eigenvalue weighted by Crippen LogP contribution is 2.48. The molecule has 4 aromatic rings. The molecule has 2 saturated carbocycles. The SMILES string of the molecule is CC1(C)C(=O)N(C2CC2)c2cc(-c3cnc[nH]3)ncc21.Cn1cnc(-c2ccc3c(c2)N(C2CC2)C(=O)C3(C)C)c1. The zero-order chi connectivity index (χ0) is 28.7. The molecule has 1 N–H and O–H groups in total. The number of imidazole rings is 2. The van der Waals surface area contributed by atoms with Crippen LogP contribution in [0.1, 0.15) is 64.5 Å². The van der Waals surface area contributed by atoms with Crippen molar-refractivity contribution in [2.75, 3.05) is 9.80 Å². The predicted molar refractivity (Wildman–Crippen MR) is 158 cm³/mol. The van der Waals surface area contributed by atoms with E-state index in [1.54, 1.807) is 18.9 Å². The second-order valence-corrected chi connectivity index (χ2v) is 12.8. The fourth-order valence-corrected chi connectivity index (χ4v) is 6.09. The monoisotopic (exact) mass is 549 g/mol. The van der Waals surface area contributed by atoms with Gasteiger partial charge in [-0.05, 0) is 71.1 Å². The first kappa shape index (κ1) is 25.7. The summed E-state index contributed by atoms with van der Waals surface area (Å²) in [5, 5.41) is 0. The molecule has 0 spiro atoms. The van der Waals surface area contributed by atoms with E-state index in [2.05, 4.69) is 38.1 Å². The van der Waals surface area contributed by atoms with E-state index in [0.29, 0.717) is 12.1 Å². The van der Waals surface area contributed by atoms with Crippen molar-refractivity contribution in [1.29, 1.82) is 0 Å². The summed E-state index contributed by atoms with van der Waals surface area (Å²) in [6.45, 7) is 8.01. The van der Waals surface area contributed by atoms with Crippen LogP contribution in [0.4, 0.5) is 11.4 Å². The summed E-state index contributed by atoms with van der Waals surface area (Å²) < 4.78 is 1.94. The molecule has 0 unspecified atom stereocenters. The number of fused-ring (bicyclic) bond motifs is 2. The van der Waals surface area contributed by atoms with Gasteiger partial charge in [0.25, 0.3) is 0 Å². The van der Waals surface area contributed by atoms with Crippen LogP contribution < -0.4 is 9.80 Å². The minimum atomic E-state index is -0.475. The van der Waals surface area contributed by atoms with Gasteiger partial charge in [0.1, 0.15) is 0 Å². The molecule has 41 heavy (non-hydrogen) atoms. The number of aromatic amines is 1. The van der Waals surface area contributed by atoms with Crippen LogP contribution in [0, 0.1) is 0 Å². The van der Waals surface area contributed by atoms with Crippen molar-refractivity contribution in [2.24, 2.45) is 7.05 Å². The minimum absolute atomic E-state index is 0.193. The summed E-state index contributed by atoms with van der Waals surface area (Å²) in [7, 11) is 1.97. The molecule has 5 heterocycles. The first-order valence-electron chi connectivity index (χ1n) is 14.4. The van der Waals surface area contributed by atoms with Gasteiger partial charge in [-0.1, -0.05) is 12.1 Å². The van der Waals surface area contributed by atoms with Crippen molar-refractivity contribution < 1.29 is 9.59 Å². The molecule has 9 nitrogen and oxygen atoms in total. The third-order valence-electron chi connectivity index (χ3n) is 8.85. The van der Waals surface area contributed by atoms with E-state index in [0.717, 1.165) is 70.8 Å². The number of H-pyrrole nitrogens is 1. The number of aryl methyl sites for hydroxylation is 1. The lowest BCUT2D eigenvalue weighted by atomic mass is 9.86. The fourth-order valence-electron chi connectivity index (χ4n) is 6.09. The zero-order valence-electron chi connectivity index (χ0n) is 24.2. The van der Waals surface area contributed by atoms with Crippen LogP contribution in [0.25, 0.3) is 22.6 Å². The van der Waals surface area contributed by atoms with Gasteiger partial charge >= 0.3 is 0 Å². The van der Waals surface area contributed by atoms with Crippen molar-refractivity contribution >= 4 is 23.2 Å². The Morgan fingerprint density at radius 2 is 1.44 bits per heavy atom. The molecule has 2 aliphatic heterocycles. The summed E-state index contributed by atoms with van der Waals surface area (Å²) in [6, 6.07) is 9.08. The zero-order valence-corrected chi connectivity index (χ0v) is 24.2. The Bertz CT molecular complexity index is 1680. The number of amides is 2. The number of hydrogen-bond acceptors (Lipinski definition) is 5. The number of nitrogens with zero attached hydrogens (tertiary/aromatic N) is 6. The molecule has 8 rings (SSSR count). The topological polar surface area (TPSA) is 100 Å². The highest BCUT2D eigenvalue weighted by molar-refractivity contribution is 6.09. The van der Waals surface area contributed by atoms with Gasteiger partial charge in [-0.15, -0.1) is 0 Å². The quantitative estimate of drug-likeness (QED) is 0.380. The van der Waals surface area contributed by atoms with E-state index in [4.69, 9.17) is 0 Å². The molecule has 3 aromatic heterocycles. The molecule has 210 valence electrons. The number of carbonyl (C=O) groups is 2. The Morgan fingerprint density at radius 1 is 0.805 bits per heavy atom. The molecule has 0 bridgehead atoms. The van der Waals surface area contributed by atoms with Crippen molar-refractivity contribution in [2.45, 2.75) is 76.3 Å². The Hall–Kier alpha value is -4.27. The Balaban J connectivity index is 0.000000135. The average molecular weight is 550 g/mol. The Labute approximate surface area is 239 Å². The van der Waals surface area contributed by atoms with Gasteiger partial charge in [-0.25, -0.2) is 9.97 Å². The number of hydrogen-bond donors (Lipinski definition) is 1. The van der Waals surface area contributed by atoms with E-state index >= 15 is 0 Å². The van der Waals surface area contributed by atoms with E-state index in [9.17, 15) is 9.59 Å². The highest BCUT2D eigenvalue weighted by Gasteiger charge is 2.50. The maximum Gasteiger partial charge on any atom is 0.237 e.